The minimum atomic E-state index is -3.35. The van der Waals surface area contributed by atoms with Gasteiger partial charge in [-0.25, -0.2) is 12.8 Å². The summed E-state index contributed by atoms with van der Waals surface area (Å²) in [5.74, 6) is -0.518. The SMILES string of the molecule is CS(=O)(=O)c1ccc(-c2ccc(F)cc2)c(O)c1. The van der Waals surface area contributed by atoms with E-state index in [0.717, 1.165) is 6.26 Å². The van der Waals surface area contributed by atoms with Crippen LogP contribution in [0, 0.1) is 5.82 Å². The smallest absolute Gasteiger partial charge is 0.175 e. The van der Waals surface area contributed by atoms with Gasteiger partial charge in [-0.05, 0) is 35.9 Å². The molecule has 18 heavy (non-hydrogen) atoms. The Balaban J connectivity index is 2.51. The molecule has 0 saturated carbocycles. The lowest BCUT2D eigenvalue weighted by atomic mass is 10.0. The molecule has 0 bridgehead atoms. The van der Waals surface area contributed by atoms with Crippen LogP contribution >= 0.6 is 0 Å². The lowest BCUT2D eigenvalue weighted by Gasteiger charge is -2.06. The van der Waals surface area contributed by atoms with Crippen LogP contribution in [0.3, 0.4) is 0 Å². The number of sulfone groups is 1. The molecule has 2 rings (SSSR count). The third kappa shape index (κ3) is 2.51. The molecule has 0 aliphatic rings. The summed E-state index contributed by atoms with van der Waals surface area (Å²) in [6.45, 7) is 0. The van der Waals surface area contributed by atoms with Crippen molar-refractivity contribution in [1.82, 2.24) is 0 Å². The first-order valence-corrected chi connectivity index (χ1v) is 7.06. The van der Waals surface area contributed by atoms with Gasteiger partial charge < -0.3 is 5.11 Å². The third-order valence-corrected chi connectivity index (χ3v) is 3.66. The molecule has 0 fully saturated rings. The van der Waals surface area contributed by atoms with Crippen LogP contribution < -0.4 is 0 Å². The lowest BCUT2D eigenvalue weighted by molar-refractivity contribution is 0.475. The van der Waals surface area contributed by atoms with Crippen molar-refractivity contribution in [3.63, 3.8) is 0 Å². The van der Waals surface area contributed by atoms with Gasteiger partial charge in [0, 0.05) is 11.8 Å². The Hall–Kier alpha value is -1.88. The minimum absolute atomic E-state index is 0.0471. The van der Waals surface area contributed by atoms with Gasteiger partial charge >= 0.3 is 0 Å². The molecule has 0 radical (unpaired) electrons. The first-order chi connectivity index (χ1) is 8.38. The number of hydrogen-bond acceptors (Lipinski definition) is 3. The van der Waals surface area contributed by atoms with Gasteiger partial charge in [-0.2, -0.15) is 0 Å². The molecule has 1 N–H and O–H groups in total. The summed E-state index contributed by atoms with van der Waals surface area (Å²) in [6.07, 6.45) is 1.07. The van der Waals surface area contributed by atoms with Crippen LogP contribution in [0.25, 0.3) is 11.1 Å². The summed E-state index contributed by atoms with van der Waals surface area (Å²) in [6, 6.07) is 9.69. The molecule has 5 heteroatoms. The second kappa shape index (κ2) is 4.42. The van der Waals surface area contributed by atoms with Gasteiger partial charge in [-0.15, -0.1) is 0 Å². The van der Waals surface area contributed by atoms with Gasteiger partial charge in [0.15, 0.2) is 9.84 Å². The van der Waals surface area contributed by atoms with Gasteiger partial charge in [0.25, 0.3) is 0 Å². The average molecular weight is 266 g/mol. The normalized spacial score (nSPS) is 11.4. The molecule has 0 atom stereocenters. The standard InChI is InChI=1S/C13H11FO3S/c1-18(16,17)11-6-7-12(13(15)8-11)9-2-4-10(14)5-3-9/h2-8,15H,1H3. The van der Waals surface area contributed by atoms with Gasteiger partial charge in [-0.1, -0.05) is 12.1 Å². The minimum Gasteiger partial charge on any atom is -0.507 e. The first kappa shape index (κ1) is 12.6. The molecular weight excluding hydrogens is 255 g/mol. The number of halogens is 1. The van der Waals surface area contributed by atoms with E-state index in [2.05, 4.69) is 0 Å². The van der Waals surface area contributed by atoms with E-state index < -0.39 is 9.84 Å². The Bertz CT molecular complexity index is 676. The maximum atomic E-state index is 12.8. The third-order valence-electron chi connectivity index (χ3n) is 2.55. The fourth-order valence-corrected chi connectivity index (χ4v) is 2.26. The fourth-order valence-electron chi connectivity index (χ4n) is 1.62. The number of phenolic OH excluding ortho intramolecular Hbond substituents is 1. The van der Waals surface area contributed by atoms with Gasteiger partial charge in [-0.3, -0.25) is 0 Å². The molecule has 0 heterocycles. The summed E-state index contributed by atoms with van der Waals surface area (Å²) in [5.41, 5.74) is 1.08. The van der Waals surface area contributed by atoms with Crippen molar-refractivity contribution in [2.24, 2.45) is 0 Å². The Morgan fingerprint density at radius 2 is 1.67 bits per heavy atom. The Morgan fingerprint density at radius 3 is 2.17 bits per heavy atom. The monoisotopic (exact) mass is 266 g/mol. The largest absolute Gasteiger partial charge is 0.507 e. The Labute approximate surface area is 104 Å². The van der Waals surface area contributed by atoms with E-state index in [1.54, 1.807) is 0 Å². The topological polar surface area (TPSA) is 54.4 Å². The summed E-state index contributed by atoms with van der Waals surface area (Å²) in [4.78, 5) is 0.0471. The molecule has 94 valence electrons. The molecule has 0 amide bonds. The average Bonchev–Trinajstić information content (AvgIpc) is 2.29. The van der Waals surface area contributed by atoms with Gasteiger partial charge in [0.05, 0.1) is 4.90 Å². The number of hydrogen-bond donors (Lipinski definition) is 1. The highest BCUT2D eigenvalue weighted by molar-refractivity contribution is 7.90. The molecule has 2 aromatic carbocycles. The Morgan fingerprint density at radius 1 is 1.06 bits per heavy atom. The zero-order valence-electron chi connectivity index (χ0n) is 9.59. The summed E-state index contributed by atoms with van der Waals surface area (Å²) in [5, 5.41) is 9.82. The zero-order chi connectivity index (χ0) is 13.3. The van der Waals surface area contributed by atoms with Crippen LogP contribution in [0.15, 0.2) is 47.4 Å². The lowest BCUT2D eigenvalue weighted by Crippen LogP contribution is -1.96. The van der Waals surface area contributed by atoms with Crippen LogP contribution in [0.1, 0.15) is 0 Å². The van der Waals surface area contributed by atoms with Crippen molar-refractivity contribution in [2.45, 2.75) is 4.90 Å². The number of benzene rings is 2. The van der Waals surface area contributed by atoms with E-state index >= 15 is 0 Å². The number of rotatable bonds is 2. The van der Waals surface area contributed by atoms with Crippen LogP contribution in [0.4, 0.5) is 4.39 Å². The highest BCUT2D eigenvalue weighted by Crippen LogP contribution is 2.31. The van der Waals surface area contributed by atoms with Crippen molar-refractivity contribution in [1.29, 1.82) is 0 Å². The summed E-state index contributed by atoms with van der Waals surface area (Å²) >= 11 is 0. The van der Waals surface area contributed by atoms with Crippen molar-refractivity contribution < 1.29 is 17.9 Å². The maximum absolute atomic E-state index is 12.8. The molecule has 3 nitrogen and oxygen atoms in total. The van der Waals surface area contributed by atoms with Crippen molar-refractivity contribution in [3.05, 3.63) is 48.3 Å². The molecule has 0 spiro atoms. The molecule has 0 unspecified atom stereocenters. The van der Waals surface area contributed by atoms with Crippen LogP contribution in [0.2, 0.25) is 0 Å². The van der Waals surface area contributed by atoms with E-state index in [-0.39, 0.29) is 16.5 Å². The summed E-state index contributed by atoms with van der Waals surface area (Å²) < 4.78 is 35.4. The number of phenols is 1. The fraction of sp³-hybridized carbons (Fsp3) is 0.0769. The first-order valence-electron chi connectivity index (χ1n) is 5.17. The highest BCUT2D eigenvalue weighted by Gasteiger charge is 2.11. The quantitative estimate of drug-likeness (QED) is 0.909. The van der Waals surface area contributed by atoms with E-state index in [1.165, 1.54) is 42.5 Å². The second-order valence-corrected chi connectivity index (χ2v) is 5.97. The maximum Gasteiger partial charge on any atom is 0.175 e. The zero-order valence-corrected chi connectivity index (χ0v) is 10.4. The molecular formula is C13H11FO3S. The molecule has 0 aromatic heterocycles. The molecule has 0 aliphatic carbocycles. The summed E-state index contributed by atoms with van der Waals surface area (Å²) in [7, 11) is -3.35. The van der Waals surface area contributed by atoms with Crippen LogP contribution in [-0.4, -0.2) is 19.8 Å². The van der Waals surface area contributed by atoms with Crippen LogP contribution in [-0.2, 0) is 9.84 Å². The molecule has 0 saturated heterocycles. The van der Waals surface area contributed by atoms with Gasteiger partial charge in [0.1, 0.15) is 11.6 Å². The van der Waals surface area contributed by atoms with Gasteiger partial charge in [0.2, 0.25) is 0 Å². The van der Waals surface area contributed by atoms with Crippen molar-refractivity contribution in [3.8, 4) is 16.9 Å². The highest BCUT2D eigenvalue weighted by atomic mass is 32.2. The van der Waals surface area contributed by atoms with Crippen LogP contribution in [0.5, 0.6) is 5.75 Å². The van der Waals surface area contributed by atoms with Crippen molar-refractivity contribution in [2.75, 3.05) is 6.26 Å². The number of aromatic hydroxyl groups is 1. The van der Waals surface area contributed by atoms with E-state index in [1.807, 2.05) is 0 Å². The second-order valence-electron chi connectivity index (χ2n) is 3.96. The van der Waals surface area contributed by atoms with E-state index in [4.69, 9.17) is 0 Å². The van der Waals surface area contributed by atoms with Crippen molar-refractivity contribution >= 4 is 9.84 Å². The predicted octanol–water partition coefficient (Wildman–Crippen LogP) is 2.60. The molecule has 0 aliphatic heterocycles. The predicted molar refractivity (Wildman–Crippen MR) is 66.6 cm³/mol. The molecule has 2 aromatic rings. The Kier molecular flexibility index (Phi) is 3.09. The van der Waals surface area contributed by atoms with E-state index in [9.17, 15) is 17.9 Å². The van der Waals surface area contributed by atoms with E-state index in [0.29, 0.717) is 11.1 Å².